The van der Waals surface area contributed by atoms with Gasteiger partial charge in [0.2, 0.25) is 24.1 Å². The summed E-state index contributed by atoms with van der Waals surface area (Å²) >= 11 is 0. The number of rotatable bonds is 17. The Morgan fingerprint density at radius 2 is 1.81 bits per heavy atom. The van der Waals surface area contributed by atoms with Gasteiger partial charge in [0.05, 0.1) is 55.3 Å². The molecule has 42 heavy (non-hydrogen) atoms. The first-order valence-corrected chi connectivity index (χ1v) is 14.8. The van der Waals surface area contributed by atoms with Gasteiger partial charge in [-0.05, 0) is 31.2 Å². The molecule has 236 valence electrons. The second-order valence-electron chi connectivity index (χ2n) is 11.3. The Hall–Kier alpha value is -3.02. The summed E-state index contributed by atoms with van der Waals surface area (Å²) in [7, 11) is 4.74. The van der Waals surface area contributed by atoms with Crippen LogP contribution in [0.4, 0.5) is 0 Å². The third kappa shape index (κ3) is 8.99. The molecule has 0 bridgehead atoms. The Kier molecular flexibility index (Phi) is 14.4. The van der Waals surface area contributed by atoms with Crippen LogP contribution < -0.4 is 10.6 Å². The number of hydrogen-bond acceptors (Lipinski definition) is 7. The van der Waals surface area contributed by atoms with Crippen molar-refractivity contribution in [2.45, 2.75) is 89.8 Å². The van der Waals surface area contributed by atoms with Crippen molar-refractivity contribution in [1.82, 2.24) is 20.4 Å². The van der Waals surface area contributed by atoms with Crippen molar-refractivity contribution in [2.75, 3.05) is 34.4 Å². The van der Waals surface area contributed by atoms with E-state index in [1.165, 1.54) is 7.11 Å². The minimum atomic E-state index is -0.864. The Bertz CT molecular complexity index is 1010. The summed E-state index contributed by atoms with van der Waals surface area (Å²) in [4.78, 5) is 53.8. The van der Waals surface area contributed by atoms with Crippen LogP contribution in [0.25, 0.3) is 0 Å². The minimum absolute atomic E-state index is 0.0333. The third-order valence-corrected chi connectivity index (χ3v) is 8.63. The van der Waals surface area contributed by atoms with Gasteiger partial charge < -0.3 is 35.0 Å². The standard InChI is InChI=1S/C31H50N4O7/c1-8-20(2)28(34(5)27(38)18-32-19-36)25(41-6)17-26(37)35-16-12-15-24(35)30(42-7)21(3)31(40)33-22(4)29(39)23-13-10-9-11-14-23/h9-11,13-14,19-22,24-25,28-30,39H,8,12,15-18H2,1-7H3,(H,32,36)(H,33,40)/t20-,21+,22+,24-,25+,28-,29+,30?/m0/s1. The Morgan fingerprint density at radius 1 is 1.14 bits per heavy atom. The maximum absolute atomic E-state index is 13.7. The average Bonchev–Trinajstić information content (AvgIpc) is 3.49. The number of benzene rings is 1. The zero-order valence-corrected chi connectivity index (χ0v) is 26.1. The minimum Gasteiger partial charge on any atom is -0.386 e. The second kappa shape index (κ2) is 17.2. The summed E-state index contributed by atoms with van der Waals surface area (Å²) in [5.74, 6) is -1.22. The van der Waals surface area contributed by atoms with Crippen LogP contribution in [0.3, 0.4) is 0 Å². The van der Waals surface area contributed by atoms with E-state index in [1.807, 2.05) is 44.2 Å². The number of aliphatic hydroxyl groups excluding tert-OH is 1. The zero-order valence-electron chi connectivity index (χ0n) is 26.1. The maximum atomic E-state index is 13.7. The highest BCUT2D eigenvalue weighted by Gasteiger charge is 2.42. The van der Waals surface area contributed by atoms with Crippen molar-refractivity contribution in [3.05, 3.63) is 35.9 Å². The molecule has 3 N–H and O–H groups in total. The van der Waals surface area contributed by atoms with Gasteiger partial charge in [0.1, 0.15) is 0 Å². The summed E-state index contributed by atoms with van der Waals surface area (Å²) in [6, 6.07) is 7.94. The van der Waals surface area contributed by atoms with Crippen LogP contribution in [-0.2, 0) is 28.7 Å². The predicted molar refractivity (Wildman–Crippen MR) is 159 cm³/mol. The SMILES string of the molecule is CC[C@H](C)[C@@H]([C@@H](CC(=O)N1CCC[C@H]1C(OC)[C@@H](C)C(=O)N[C@H](C)[C@@H](O)c1ccccc1)OC)N(C)C(=O)CNC=O. The number of carbonyl (C=O) groups excluding carboxylic acids is 4. The van der Waals surface area contributed by atoms with Crippen LogP contribution in [0.15, 0.2) is 30.3 Å². The molecule has 8 atom stereocenters. The molecule has 0 aromatic heterocycles. The van der Waals surface area contributed by atoms with Crippen molar-refractivity contribution >= 4 is 24.1 Å². The summed E-state index contributed by atoms with van der Waals surface area (Å²) in [5, 5.41) is 16.0. The summed E-state index contributed by atoms with van der Waals surface area (Å²) in [5.41, 5.74) is 0.713. The van der Waals surface area contributed by atoms with E-state index in [-0.39, 0.29) is 48.7 Å². The fraction of sp³-hybridized carbons (Fsp3) is 0.677. The van der Waals surface area contributed by atoms with Crippen LogP contribution in [-0.4, -0.2) is 104 Å². The van der Waals surface area contributed by atoms with Crippen molar-refractivity contribution in [3.8, 4) is 0 Å². The Labute approximate surface area is 250 Å². The van der Waals surface area contributed by atoms with E-state index in [4.69, 9.17) is 9.47 Å². The maximum Gasteiger partial charge on any atom is 0.242 e. The van der Waals surface area contributed by atoms with Gasteiger partial charge in [-0.3, -0.25) is 19.2 Å². The molecule has 4 amide bonds. The largest absolute Gasteiger partial charge is 0.386 e. The third-order valence-electron chi connectivity index (χ3n) is 8.63. The van der Waals surface area contributed by atoms with E-state index in [2.05, 4.69) is 10.6 Å². The van der Waals surface area contributed by atoms with Crippen molar-refractivity contribution in [1.29, 1.82) is 0 Å². The lowest BCUT2D eigenvalue weighted by atomic mass is 9.90. The molecular weight excluding hydrogens is 540 g/mol. The molecule has 0 spiro atoms. The number of nitrogens with zero attached hydrogens (tertiary/aromatic N) is 2. The van der Waals surface area contributed by atoms with E-state index >= 15 is 0 Å². The van der Waals surface area contributed by atoms with Gasteiger partial charge in [-0.2, -0.15) is 0 Å². The molecule has 0 aliphatic carbocycles. The molecule has 1 fully saturated rings. The molecule has 11 heteroatoms. The fourth-order valence-corrected chi connectivity index (χ4v) is 5.95. The average molecular weight is 591 g/mol. The Balaban J connectivity index is 2.14. The summed E-state index contributed by atoms with van der Waals surface area (Å²) in [6.07, 6.45) is 0.772. The lowest BCUT2D eigenvalue weighted by Gasteiger charge is -2.39. The molecule has 0 radical (unpaired) electrons. The van der Waals surface area contributed by atoms with Crippen LogP contribution >= 0.6 is 0 Å². The highest BCUT2D eigenvalue weighted by atomic mass is 16.5. The summed E-state index contributed by atoms with van der Waals surface area (Å²) in [6.45, 7) is 7.95. The van der Waals surface area contributed by atoms with E-state index in [9.17, 15) is 24.3 Å². The van der Waals surface area contributed by atoms with Crippen LogP contribution in [0, 0.1) is 11.8 Å². The van der Waals surface area contributed by atoms with E-state index < -0.39 is 30.3 Å². The Morgan fingerprint density at radius 3 is 2.38 bits per heavy atom. The number of aliphatic hydroxyl groups is 1. The van der Waals surface area contributed by atoms with Crippen molar-refractivity contribution in [3.63, 3.8) is 0 Å². The highest BCUT2D eigenvalue weighted by Crippen LogP contribution is 2.29. The van der Waals surface area contributed by atoms with Gasteiger partial charge in [0.25, 0.3) is 0 Å². The number of nitrogens with one attached hydrogen (secondary N) is 2. The van der Waals surface area contributed by atoms with Crippen LogP contribution in [0.5, 0.6) is 0 Å². The van der Waals surface area contributed by atoms with Crippen molar-refractivity contribution < 1.29 is 33.8 Å². The molecular formula is C31H50N4O7. The number of carbonyl (C=O) groups is 4. The second-order valence-corrected chi connectivity index (χ2v) is 11.3. The lowest BCUT2D eigenvalue weighted by Crippen LogP contribution is -2.54. The predicted octanol–water partition coefficient (Wildman–Crippen LogP) is 1.89. The number of amides is 4. The van der Waals surface area contributed by atoms with Gasteiger partial charge in [-0.25, -0.2) is 0 Å². The van der Waals surface area contributed by atoms with Gasteiger partial charge in [-0.15, -0.1) is 0 Å². The first kappa shape index (κ1) is 35.2. The number of ether oxygens (including phenoxy) is 2. The van der Waals surface area contributed by atoms with Gasteiger partial charge in [0, 0.05) is 27.8 Å². The van der Waals surface area contributed by atoms with E-state index in [0.717, 1.165) is 12.8 Å². The number of likely N-dealkylation sites (tertiary alicyclic amines) is 1. The number of hydrogen-bond donors (Lipinski definition) is 3. The number of methoxy groups -OCH3 is 2. The monoisotopic (exact) mass is 590 g/mol. The molecule has 11 nitrogen and oxygen atoms in total. The van der Waals surface area contributed by atoms with Gasteiger partial charge in [0.15, 0.2) is 0 Å². The van der Waals surface area contributed by atoms with Crippen LogP contribution in [0.1, 0.15) is 65.0 Å². The van der Waals surface area contributed by atoms with E-state index in [0.29, 0.717) is 24.9 Å². The van der Waals surface area contributed by atoms with Gasteiger partial charge >= 0.3 is 0 Å². The first-order chi connectivity index (χ1) is 20.0. The topological polar surface area (TPSA) is 138 Å². The number of likely N-dealkylation sites (N-methyl/N-ethyl adjacent to an activating group) is 1. The molecule has 1 unspecified atom stereocenters. The molecule has 1 aromatic carbocycles. The molecule has 1 heterocycles. The molecule has 1 saturated heterocycles. The molecule has 2 rings (SSSR count). The molecule has 1 aromatic rings. The quantitative estimate of drug-likeness (QED) is 0.236. The molecule has 1 aliphatic rings. The summed E-state index contributed by atoms with van der Waals surface area (Å²) < 4.78 is 11.6. The van der Waals surface area contributed by atoms with Crippen LogP contribution in [0.2, 0.25) is 0 Å². The van der Waals surface area contributed by atoms with E-state index in [1.54, 1.807) is 37.8 Å². The normalized spacial score (nSPS) is 20.0. The lowest BCUT2D eigenvalue weighted by molar-refractivity contribution is -0.145. The smallest absolute Gasteiger partial charge is 0.242 e. The van der Waals surface area contributed by atoms with Gasteiger partial charge in [-0.1, -0.05) is 57.5 Å². The zero-order chi connectivity index (χ0) is 31.4. The molecule has 0 saturated carbocycles. The highest BCUT2D eigenvalue weighted by molar-refractivity contribution is 5.81. The first-order valence-electron chi connectivity index (χ1n) is 14.8. The molecule has 1 aliphatic heterocycles. The van der Waals surface area contributed by atoms with Crippen molar-refractivity contribution in [2.24, 2.45) is 11.8 Å². The fourth-order valence-electron chi connectivity index (χ4n) is 5.95.